The number of hydrogen-bond donors (Lipinski definition) is 3. The molecule has 1 aromatic carbocycles. The zero-order valence-corrected chi connectivity index (χ0v) is 11.5. The van der Waals surface area contributed by atoms with E-state index in [0.29, 0.717) is 13.1 Å². The standard InChI is InChI=1S/C14H22N2O3/c1-3-11(4-2)16(6-5-15)14(19)10-7-12(17)9-13(18)8-10/h7-9,11,17-18H,3-6,15H2,1-2H3. The molecular formula is C14H22N2O3. The molecule has 0 atom stereocenters. The Morgan fingerprint density at radius 2 is 1.74 bits per heavy atom. The van der Waals surface area contributed by atoms with Crippen LogP contribution in [0.1, 0.15) is 37.0 Å². The zero-order valence-electron chi connectivity index (χ0n) is 11.5. The van der Waals surface area contributed by atoms with Crippen molar-refractivity contribution in [1.29, 1.82) is 0 Å². The second kappa shape index (κ2) is 6.99. The molecule has 0 heterocycles. The Morgan fingerprint density at radius 1 is 1.21 bits per heavy atom. The fourth-order valence-electron chi connectivity index (χ4n) is 2.20. The summed E-state index contributed by atoms with van der Waals surface area (Å²) in [6, 6.07) is 4.02. The van der Waals surface area contributed by atoms with Crippen molar-refractivity contribution in [2.75, 3.05) is 13.1 Å². The molecule has 0 saturated carbocycles. The van der Waals surface area contributed by atoms with Gasteiger partial charge in [-0.15, -0.1) is 0 Å². The molecule has 1 rings (SSSR count). The smallest absolute Gasteiger partial charge is 0.254 e. The van der Waals surface area contributed by atoms with E-state index >= 15 is 0 Å². The first-order chi connectivity index (χ1) is 9.03. The monoisotopic (exact) mass is 266 g/mol. The molecule has 0 spiro atoms. The van der Waals surface area contributed by atoms with Gasteiger partial charge in [-0.1, -0.05) is 13.8 Å². The summed E-state index contributed by atoms with van der Waals surface area (Å²) in [5.74, 6) is -0.466. The lowest BCUT2D eigenvalue weighted by Crippen LogP contribution is -2.42. The van der Waals surface area contributed by atoms with Crippen molar-refractivity contribution in [3.8, 4) is 11.5 Å². The topological polar surface area (TPSA) is 86.8 Å². The highest BCUT2D eigenvalue weighted by Crippen LogP contribution is 2.22. The third-order valence-electron chi connectivity index (χ3n) is 3.16. The van der Waals surface area contributed by atoms with Crippen LogP contribution in [0.2, 0.25) is 0 Å². The molecule has 19 heavy (non-hydrogen) atoms. The number of rotatable bonds is 6. The van der Waals surface area contributed by atoms with Crippen LogP contribution in [0, 0.1) is 0 Å². The molecular weight excluding hydrogens is 244 g/mol. The van der Waals surface area contributed by atoms with Crippen LogP contribution in [0.15, 0.2) is 18.2 Å². The summed E-state index contributed by atoms with van der Waals surface area (Å²) in [5, 5.41) is 18.9. The lowest BCUT2D eigenvalue weighted by Gasteiger charge is -2.30. The summed E-state index contributed by atoms with van der Waals surface area (Å²) in [5.41, 5.74) is 5.84. The summed E-state index contributed by atoms with van der Waals surface area (Å²) in [7, 11) is 0. The highest BCUT2D eigenvalue weighted by Gasteiger charge is 2.22. The number of phenolic OH excluding ortho intramolecular Hbond substituents is 2. The lowest BCUT2D eigenvalue weighted by atomic mass is 10.1. The van der Waals surface area contributed by atoms with Gasteiger partial charge in [-0.05, 0) is 25.0 Å². The largest absolute Gasteiger partial charge is 0.508 e. The van der Waals surface area contributed by atoms with Gasteiger partial charge in [-0.25, -0.2) is 0 Å². The SMILES string of the molecule is CCC(CC)N(CCN)C(=O)c1cc(O)cc(O)c1. The molecule has 106 valence electrons. The molecule has 0 fully saturated rings. The van der Waals surface area contributed by atoms with Crippen LogP contribution < -0.4 is 5.73 Å². The normalized spacial score (nSPS) is 10.7. The number of benzene rings is 1. The number of aromatic hydroxyl groups is 2. The molecule has 0 radical (unpaired) electrons. The second-order valence-corrected chi connectivity index (χ2v) is 4.50. The van der Waals surface area contributed by atoms with Crippen molar-refractivity contribution in [2.24, 2.45) is 5.73 Å². The third kappa shape index (κ3) is 3.86. The van der Waals surface area contributed by atoms with Crippen molar-refractivity contribution >= 4 is 5.91 Å². The number of nitrogens with two attached hydrogens (primary N) is 1. The quantitative estimate of drug-likeness (QED) is 0.731. The summed E-state index contributed by atoms with van der Waals surface area (Å²) in [4.78, 5) is 14.1. The minimum Gasteiger partial charge on any atom is -0.508 e. The molecule has 0 aromatic heterocycles. The molecule has 5 nitrogen and oxygen atoms in total. The number of hydrogen-bond acceptors (Lipinski definition) is 4. The minimum atomic E-state index is -0.217. The second-order valence-electron chi connectivity index (χ2n) is 4.50. The van der Waals surface area contributed by atoms with Crippen LogP contribution in [-0.4, -0.2) is 40.2 Å². The first-order valence-electron chi connectivity index (χ1n) is 6.57. The maximum atomic E-state index is 12.4. The van der Waals surface area contributed by atoms with Crippen LogP contribution in [0.3, 0.4) is 0 Å². The fraction of sp³-hybridized carbons (Fsp3) is 0.500. The molecule has 5 heteroatoms. The predicted octanol–water partition coefficient (Wildman–Crippen LogP) is 1.69. The van der Waals surface area contributed by atoms with E-state index in [9.17, 15) is 15.0 Å². The number of amides is 1. The Hall–Kier alpha value is -1.75. The van der Waals surface area contributed by atoms with E-state index in [-0.39, 0.29) is 29.0 Å². The van der Waals surface area contributed by atoms with Crippen molar-refractivity contribution in [3.05, 3.63) is 23.8 Å². The average molecular weight is 266 g/mol. The Bertz CT molecular complexity index is 410. The first kappa shape index (κ1) is 15.3. The maximum absolute atomic E-state index is 12.4. The molecule has 0 aliphatic carbocycles. The van der Waals surface area contributed by atoms with Gasteiger partial charge in [-0.2, -0.15) is 0 Å². The van der Waals surface area contributed by atoms with E-state index in [0.717, 1.165) is 12.8 Å². The van der Waals surface area contributed by atoms with Gasteiger partial charge in [-0.3, -0.25) is 4.79 Å². The number of carbonyl (C=O) groups excluding carboxylic acids is 1. The third-order valence-corrected chi connectivity index (χ3v) is 3.16. The Kier molecular flexibility index (Phi) is 5.63. The maximum Gasteiger partial charge on any atom is 0.254 e. The molecule has 4 N–H and O–H groups in total. The van der Waals surface area contributed by atoms with Crippen LogP contribution in [0.4, 0.5) is 0 Å². The van der Waals surface area contributed by atoms with Gasteiger partial charge >= 0.3 is 0 Å². The van der Waals surface area contributed by atoms with Gasteiger partial charge in [0.05, 0.1) is 0 Å². The summed E-state index contributed by atoms with van der Waals surface area (Å²) in [6.07, 6.45) is 1.68. The molecule has 0 unspecified atom stereocenters. The summed E-state index contributed by atoms with van der Waals surface area (Å²) in [6.45, 7) is 4.88. The van der Waals surface area contributed by atoms with Crippen LogP contribution in [0.25, 0.3) is 0 Å². The average Bonchev–Trinajstić information content (AvgIpc) is 2.37. The van der Waals surface area contributed by atoms with Gasteiger partial charge < -0.3 is 20.8 Å². The number of carbonyl (C=O) groups is 1. The van der Waals surface area contributed by atoms with Crippen molar-refractivity contribution in [1.82, 2.24) is 4.90 Å². The summed E-state index contributed by atoms with van der Waals surface area (Å²) >= 11 is 0. The Labute approximate surface area is 113 Å². The predicted molar refractivity (Wildman–Crippen MR) is 74.2 cm³/mol. The van der Waals surface area contributed by atoms with Crippen LogP contribution in [0.5, 0.6) is 11.5 Å². The van der Waals surface area contributed by atoms with E-state index in [1.165, 1.54) is 18.2 Å². The molecule has 0 aliphatic rings. The van der Waals surface area contributed by atoms with Crippen LogP contribution in [-0.2, 0) is 0 Å². The molecule has 0 aliphatic heterocycles. The molecule has 0 saturated heterocycles. The van der Waals surface area contributed by atoms with E-state index in [1.807, 2.05) is 13.8 Å². The van der Waals surface area contributed by atoms with E-state index in [2.05, 4.69) is 0 Å². The Balaban J connectivity index is 3.04. The van der Waals surface area contributed by atoms with Crippen molar-refractivity contribution in [3.63, 3.8) is 0 Å². The van der Waals surface area contributed by atoms with Crippen molar-refractivity contribution in [2.45, 2.75) is 32.7 Å². The van der Waals surface area contributed by atoms with Gasteiger partial charge in [0.2, 0.25) is 0 Å². The van der Waals surface area contributed by atoms with E-state index in [4.69, 9.17) is 5.73 Å². The van der Waals surface area contributed by atoms with Crippen molar-refractivity contribution < 1.29 is 15.0 Å². The lowest BCUT2D eigenvalue weighted by molar-refractivity contribution is 0.0673. The highest BCUT2D eigenvalue weighted by atomic mass is 16.3. The number of phenols is 2. The minimum absolute atomic E-state index is 0.112. The summed E-state index contributed by atoms with van der Waals surface area (Å²) < 4.78 is 0. The Morgan fingerprint density at radius 3 is 2.16 bits per heavy atom. The van der Waals surface area contributed by atoms with Gasteiger partial charge in [0.25, 0.3) is 5.91 Å². The fourth-order valence-corrected chi connectivity index (χ4v) is 2.20. The van der Waals surface area contributed by atoms with E-state index < -0.39 is 0 Å². The molecule has 0 bridgehead atoms. The first-order valence-corrected chi connectivity index (χ1v) is 6.57. The number of nitrogens with zero attached hydrogens (tertiary/aromatic N) is 1. The van der Waals surface area contributed by atoms with Gasteiger partial charge in [0.1, 0.15) is 11.5 Å². The highest BCUT2D eigenvalue weighted by molar-refractivity contribution is 5.95. The molecule has 1 aromatic rings. The van der Waals surface area contributed by atoms with Gasteiger partial charge in [0.15, 0.2) is 0 Å². The van der Waals surface area contributed by atoms with E-state index in [1.54, 1.807) is 4.90 Å². The zero-order chi connectivity index (χ0) is 14.4. The van der Waals surface area contributed by atoms with Gasteiger partial charge in [0, 0.05) is 30.8 Å². The molecule has 1 amide bonds. The van der Waals surface area contributed by atoms with Crippen LogP contribution >= 0.6 is 0 Å².